The number of aromatic amines is 1. The number of hydrogen-bond acceptors (Lipinski definition) is 26. The van der Waals surface area contributed by atoms with Crippen LogP contribution in [-0.4, -0.2) is 286 Å². The number of carboxylic acids is 1. The maximum Gasteiger partial charge on any atom is 0.409 e. The summed E-state index contributed by atoms with van der Waals surface area (Å²) in [6.07, 6.45) is -9.87. The number of nitrogens with zero attached hydrogens (tertiary/aromatic N) is 2. The van der Waals surface area contributed by atoms with E-state index in [9.17, 15) is 88.2 Å². The molecule has 0 saturated carbocycles. The van der Waals surface area contributed by atoms with Gasteiger partial charge in [0.15, 0.2) is 12.1 Å². The van der Waals surface area contributed by atoms with Crippen molar-refractivity contribution in [1.29, 1.82) is 0 Å². The number of aliphatic hydroxyl groups is 5. The highest BCUT2D eigenvalue weighted by molar-refractivity contribution is 7.91. The molecule has 15 atom stereocenters. The van der Waals surface area contributed by atoms with E-state index >= 15 is 4.55 Å². The van der Waals surface area contributed by atoms with E-state index in [0.717, 1.165) is 4.90 Å². The molecule has 5 heterocycles. The number of amides is 11. The molecule has 592 valence electrons. The lowest BCUT2D eigenvalue weighted by molar-refractivity contribution is -0.237. The molecular formula is C67H97N13O26S. The van der Waals surface area contributed by atoms with Gasteiger partial charge < -0.3 is 132 Å². The Kier molecular flexibility index (Phi) is 32.9. The van der Waals surface area contributed by atoms with Gasteiger partial charge in [-0.1, -0.05) is 46.1 Å². The van der Waals surface area contributed by atoms with E-state index in [0.29, 0.717) is 37.7 Å². The van der Waals surface area contributed by atoms with Crippen LogP contribution in [0, 0.1) is 11.8 Å². The molecule has 2 saturated heterocycles. The summed E-state index contributed by atoms with van der Waals surface area (Å²) in [5.74, 6) is -9.30. The van der Waals surface area contributed by atoms with Gasteiger partial charge in [-0.15, -0.1) is 0 Å². The molecule has 107 heavy (non-hydrogen) atoms. The fraction of sp³-hybridized carbons (Fsp3) is 0.612. The highest BCUT2D eigenvalue weighted by atomic mass is 32.2. The number of carboxylic acid groups (broad SMARTS) is 1. The normalized spacial score (nSPS) is 25.2. The number of carbonyl (C=O) groups excluding carboxylic acids is 11. The molecule has 19 N–H and O–H groups in total. The summed E-state index contributed by atoms with van der Waals surface area (Å²) < 4.78 is 48.9. The summed E-state index contributed by atoms with van der Waals surface area (Å²) >= 11 is -2.47. The van der Waals surface area contributed by atoms with Crippen LogP contribution in [0.3, 0.4) is 0 Å². The van der Waals surface area contributed by atoms with Gasteiger partial charge in [-0.2, -0.15) is 0 Å². The molecule has 7 rings (SSSR count). The summed E-state index contributed by atoms with van der Waals surface area (Å²) in [6, 6.07) is -1.45. The number of aromatic nitrogens is 1. The van der Waals surface area contributed by atoms with Crippen LogP contribution < -0.4 is 63.6 Å². The molecule has 39 nitrogen and oxygen atoms in total. The Morgan fingerprint density at radius 2 is 1.50 bits per heavy atom. The number of ether oxygens (including phenoxy) is 6. The minimum absolute atomic E-state index is 0.0303. The van der Waals surface area contributed by atoms with E-state index in [1.165, 1.54) is 43.1 Å². The first-order valence-corrected chi connectivity index (χ1v) is 36.3. The summed E-state index contributed by atoms with van der Waals surface area (Å²) in [5, 5.41) is 82.4. The van der Waals surface area contributed by atoms with E-state index in [1.807, 2.05) is 0 Å². The van der Waals surface area contributed by atoms with Gasteiger partial charge in [-0.25, -0.2) is 15.5 Å². The molecule has 8 unspecified atom stereocenters. The van der Waals surface area contributed by atoms with Crippen LogP contribution in [0.25, 0.3) is 10.9 Å². The van der Waals surface area contributed by atoms with Crippen molar-refractivity contribution < 1.29 is 126 Å². The Bertz CT molecular complexity index is 3610. The standard InChI is InChI=1S/C67H97N13O26S/c1-5-34(2)54-61(93)72-28-52(87)73-45-33-107(99)63-40(25-43(58(90)71-29-53(88)77-54)74-62(94)55(35(3)49(85)31-81)78-60(92)46-23-37(82)30-80(46)64(95)44(26-51(68)86)75-59(45)91)39-12-11-38(24-42(39)76-63)102-16-9-7-6-8-15-79(4)67(98)103-32-36-10-13-50(105-66-48(84)27-47(83)56(106-66)65(96)97)41(22-36)57(89)70-14-17-100-18-19-101-20-21-104-69/h10-13,22,24,34-35,37,43-49,54-56,66,76,81-85H,5-9,14-21,23,25-33,69H2,1-4H3,(H2,68,86)(H,70,89)(H,71,90)(H,72,93)(H,73,87)(H,74,94)(H,75,91)(H,77,88)(H,78,92)(H,96,97)/t34-,35?,37+,43?,44-,45-,46-,47?,48?,49-,54?,55?,56-,66?,107?/m0/s1. The van der Waals surface area contributed by atoms with Crippen LogP contribution in [0.15, 0.2) is 41.4 Å². The number of primary amides is 1. The molecule has 3 aromatic rings. The third-order valence-electron chi connectivity index (χ3n) is 18.3. The zero-order chi connectivity index (χ0) is 78.2. The number of H-pyrrole nitrogens is 1. The van der Waals surface area contributed by atoms with Crippen molar-refractivity contribution in [3.05, 3.63) is 53.1 Å². The average molecular weight is 1530 g/mol. The predicted molar refractivity (Wildman–Crippen MR) is 371 cm³/mol. The number of hydrogen-bond donors (Lipinski definition) is 17. The first-order chi connectivity index (χ1) is 51.0. The zero-order valence-electron chi connectivity index (χ0n) is 59.6. The smallest absolute Gasteiger partial charge is 0.409 e. The summed E-state index contributed by atoms with van der Waals surface area (Å²) in [7, 11) is 1.53. The number of carbonyl (C=O) groups is 12. The summed E-state index contributed by atoms with van der Waals surface area (Å²) in [6.45, 7) is 2.65. The van der Waals surface area contributed by atoms with Crippen molar-refractivity contribution in [2.45, 2.75) is 163 Å². The topological polar surface area (TPSA) is 584 Å². The minimum atomic E-state index is -2.47. The van der Waals surface area contributed by atoms with Crippen molar-refractivity contribution in [1.82, 2.24) is 57.3 Å². The third-order valence-corrected chi connectivity index (χ3v) is 19.7. The zero-order valence-corrected chi connectivity index (χ0v) is 60.4. The Labute approximate surface area is 617 Å². The van der Waals surface area contributed by atoms with Gasteiger partial charge >= 0.3 is 12.1 Å². The number of nitrogens with one attached hydrogen (secondary N) is 9. The summed E-state index contributed by atoms with van der Waals surface area (Å²) in [4.78, 5) is 175. The van der Waals surface area contributed by atoms with Gasteiger partial charge in [0.1, 0.15) is 60.2 Å². The van der Waals surface area contributed by atoms with Crippen LogP contribution in [0.2, 0.25) is 0 Å². The lowest BCUT2D eigenvalue weighted by atomic mass is 9.93. The van der Waals surface area contributed by atoms with E-state index in [4.69, 9.17) is 40.1 Å². The number of rotatable bonds is 30. The fourth-order valence-electron chi connectivity index (χ4n) is 12.1. The highest BCUT2D eigenvalue weighted by Crippen LogP contribution is 2.33. The van der Waals surface area contributed by atoms with E-state index in [2.05, 4.69) is 52.4 Å². The van der Waals surface area contributed by atoms with Crippen LogP contribution in [0.5, 0.6) is 11.5 Å². The van der Waals surface area contributed by atoms with Crippen molar-refractivity contribution in [3.63, 3.8) is 0 Å². The second kappa shape index (κ2) is 41.3. The van der Waals surface area contributed by atoms with Crippen LogP contribution in [-0.2, 0) is 95.9 Å². The third kappa shape index (κ3) is 24.5. The van der Waals surface area contributed by atoms with Gasteiger partial charge in [0.25, 0.3) is 5.91 Å². The quantitative estimate of drug-likeness (QED) is 0.0168. The first kappa shape index (κ1) is 85.2. The molecule has 4 aliphatic rings. The van der Waals surface area contributed by atoms with Crippen LogP contribution in [0.1, 0.15) is 93.6 Å². The van der Waals surface area contributed by atoms with Crippen molar-refractivity contribution >= 4 is 93.2 Å². The van der Waals surface area contributed by atoms with Gasteiger partial charge in [-0.3, -0.25) is 47.9 Å². The molecule has 2 bridgehead atoms. The molecule has 2 aromatic carbocycles. The van der Waals surface area contributed by atoms with Gasteiger partial charge in [0.2, 0.25) is 64.5 Å². The SMILES string of the molecule is CC[C@H](C)C1NC(=O)CNC(=O)C2Cc3c([nH]c4cc(OCCCCCCN(C)C(=O)OCc5ccc(OC6O[C@H](C(=O)O)C(O)CC6O)c(C(=O)NCCOCCOCCON)c5)ccc34)[S+]([O-])C[C@H](NC(=O)CNC1=O)C(=O)N[C@@H](CC(N)=O)C(=O)N1C[C@H](O)C[C@H]1C(=O)NC(C(C)[C@@H](O)CO)C(=O)N2. The van der Waals surface area contributed by atoms with E-state index in [-0.39, 0.29) is 97.9 Å². The predicted octanol–water partition coefficient (Wildman–Crippen LogP) is -5.46. The Hall–Kier alpha value is -9.07. The molecular weight excluding hydrogens is 1430 g/mol. The molecule has 11 amide bonds. The Morgan fingerprint density at radius 1 is 0.794 bits per heavy atom. The first-order valence-electron chi connectivity index (χ1n) is 35.0. The molecule has 0 spiro atoms. The Morgan fingerprint density at radius 3 is 2.20 bits per heavy atom. The van der Waals surface area contributed by atoms with Crippen molar-refractivity contribution in [3.8, 4) is 11.5 Å². The molecule has 4 aliphatic heterocycles. The molecule has 0 radical (unpaired) electrons. The second-order valence-corrected chi connectivity index (χ2v) is 27.7. The highest BCUT2D eigenvalue weighted by Gasteiger charge is 2.47. The monoisotopic (exact) mass is 1530 g/mol. The minimum Gasteiger partial charge on any atom is -0.610 e. The molecule has 40 heteroatoms. The van der Waals surface area contributed by atoms with Crippen LogP contribution in [0.4, 0.5) is 4.79 Å². The number of nitrogens with two attached hydrogens (primary N) is 2. The average Bonchev–Trinajstić information content (AvgIpc) is 1.41. The largest absolute Gasteiger partial charge is 0.610 e. The fourth-order valence-corrected chi connectivity index (χ4v) is 13.5. The van der Waals surface area contributed by atoms with E-state index < -0.39 is 225 Å². The number of aliphatic carboxylic acids is 1. The maximum atomic E-state index is 15.2. The maximum absolute atomic E-state index is 15.2. The number of fused-ring (bicyclic) bond motifs is 5. The van der Waals surface area contributed by atoms with Crippen molar-refractivity contribution in [2.75, 3.05) is 91.8 Å². The van der Waals surface area contributed by atoms with Crippen LogP contribution >= 0.6 is 0 Å². The second-order valence-electron chi connectivity index (χ2n) is 26.3. The van der Waals surface area contributed by atoms with E-state index in [1.54, 1.807) is 26.0 Å². The Balaban J connectivity index is 1.08. The number of unbranched alkanes of at least 4 members (excludes halogenated alkanes) is 3. The van der Waals surface area contributed by atoms with Gasteiger partial charge in [0.05, 0.1) is 95.2 Å². The number of benzene rings is 2. The lowest BCUT2D eigenvalue weighted by Crippen LogP contribution is -2.62. The lowest BCUT2D eigenvalue weighted by Gasteiger charge is -2.35. The van der Waals surface area contributed by atoms with Gasteiger partial charge in [0, 0.05) is 80.1 Å². The van der Waals surface area contributed by atoms with Gasteiger partial charge in [-0.05, 0) is 48.6 Å². The molecule has 0 aliphatic carbocycles. The molecule has 1 aromatic heterocycles. The summed E-state index contributed by atoms with van der Waals surface area (Å²) in [5.41, 5.74) is 6.14. The van der Waals surface area contributed by atoms with Crippen molar-refractivity contribution in [2.24, 2.45) is 23.5 Å². The molecule has 2 fully saturated rings. The number of aliphatic hydroxyl groups excluding tert-OH is 5.